The molecule has 0 aromatic carbocycles. The van der Waals surface area contributed by atoms with E-state index in [2.05, 4.69) is 6.58 Å². The number of hydrogen-bond acceptors (Lipinski definition) is 0. The molecular formula is C10H12ClF3. The standard InChI is InChI=1S/C10H12ClF3/c1-7(2)9(5-4-8(3)11)6-10(12,13)14/h4-7H,3H2,1-2H3/b5-4-,9-6-. The van der Waals surface area contributed by atoms with Crippen LogP contribution in [0.3, 0.4) is 0 Å². The molecular weight excluding hydrogens is 213 g/mol. The Kier molecular flexibility index (Phi) is 4.99. The van der Waals surface area contributed by atoms with Crippen LogP contribution in [0, 0.1) is 5.92 Å². The van der Waals surface area contributed by atoms with Crippen molar-refractivity contribution in [2.75, 3.05) is 0 Å². The Bertz CT molecular complexity index is 259. The van der Waals surface area contributed by atoms with Gasteiger partial charge in [-0.25, -0.2) is 0 Å². The second kappa shape index (κ2) is 5.25. The van der Waals surface area contributed by atoms with Crippen LogP contribution in [0.4, 0.5) is 13.2 Å². The second-order valence-electron chi connectivity index (χ2n) is 3.12. The third-order valence-electron chi connectivity index (χ3n) is 1.45. The van der Waals surface area contributed by atoms with Crippen LogP contribution < -0.4 is 0 Å². The summed E-state index contributed by atoms with van der Waals surface area (Å²) in [6.07, 6.45) is -1.35. The van der Waals surface area contributed by atoms with Crippen LogP contribution in [0.5, 0.6) is 0 Å². The Morgan fingerprint density at radius 3 is 2.07 bits per heavy atom. The monoisotopic (exact) mass is 224 g/mol. The first-order valence-electron chi connectivity index (χ1n) is 4.04. The molecule has 0 saturated carbocycles. The largest absolute Gasteiger partial charge is 0.410 e. The molecule has 0 aromatic rings. The molecule has 0 nitrogen and oxygen atoms in total. The smallest absolute Gasteiger partial charge is 0.167 e. The second-order valence-corrected chi connectivity index (χ2v) is 3.61. The summed E-state index contributed by atoms with van der Waals surface area (Å²) in [5.74, 6) is -0.205. The molecule has 0 fully saturated rings. The van der Waals surface area contributed by atoms with E-state index in [0.717, 1.165) is 0 Å². The Morgan fingerprint density at radius 1 is 1.29 bits per heavy atom. The molecule has 0 heterocycles. The summed E-state index contributed by atoms with van der Waals surface area (Å²) in [5.41, 5.74) is 0.180. The van der Waals surface area contributed by atoms with E-state index in [1.165, 1.54) is 12.2 Å². The van der Waals surface area contributed by atoms with E-state index >= 15 is 0 Å². The Balaban J connectivity index is 4.79. The fraction of sp³-hybridized carbons (Fsp3) is 0.400. The summed E-state index contributed by atoms with van der Waals surface area (Å²) in [4.78, 5) is 0. The average Bonchev–Trinajstić information content (AvgIpc) is 1.94. The van der Waals surface area contributed by atoms with E-state index in [4.69, 9.17) is 11.6 Å². The molecule has 0 aromatic heterocycles. The number of rotatable bonds is 3. The molecule has 0 unspecified atom stereocenters. The minimum Gasteiger partial charge on any atom is -0.167 e. The maximum absolute atomic E-state index is 12.0. The van der Waals surface area contributed by atoms with Gasteiger partial charge in [-0.05, 0) is 17.6 Å². The van der Waals surface area contributed by atoms with E-state index in [-0.39, 0.29) is 22.6 Å². The van der Waals surface area contributed by atoms with Crippen LogP contribution in [-0.2, 0) is 0 Å². The third-order valence-corrected chi connectivity index (χ3v) is 1.58. The van der Waals surface area contributed by atoms with E-state index in [0.29, 0.717) is 0 Å². The van der Waals surface area contributed by atoms with Gasteiger partial charge in [0.1, 0.15) is 0 Å². The molecule has 0 spiro atoms. The van der Waals surface area contributed by atoms with Gasteiger partial charge in [-0.1, -0.05) is 38.1 Å². The van der Waals surface area contributed by atoms with Gasteiger partial charge in [0.15, 0.2) is 0 Å². The third kappa shape index (κ3) is 6.78. The topological polar surface area (TPSA) is 0 Å². The first kappa shape index (κ1) is 13.3. The molecule has 0 amide bonds. The fourth-order valence-electron chi connectivity index (χ4n) is 0.783. The minimum absolute atomic E-state index is 0.180. The number of hydrogen-bond donors (Lipinski definition) is 0. The molecule has 4 heteroatoms. The molecule has 0 bridgehead atoms. The lowest BCUT2D eigenvalue weighted by atomic mass is 10.0. The lowest BCUT2D eigenvalue weighted by molar-refractivity contribution is -0.0806. The predicted molar refractivity (Wildman–Crippen MR) is 53.1 cm³/mol. The van der Waals surface area contributed by atoms with Crippen LogP contribution >= 0.6 is 11.6 Å². The molecule has 0 aliphatic rings. The SMILES string of the molecule is C=C(Cl)/C=C\C(=C\C(F)(F)F)C(C)C. The maximum atomic E-state index is 12.0. The number of alkyl halides is 3. The van der Waals surface area contributed by atoms with Crippen molar-refractivity contribution >= 4 is 11.6 Å². The first-order chi connectivity index (χ1) is 6.22. The van der Waals surface area contributed by atoms with E-state index in [1.54, 1.807) is 13.8 Å². The van der Waals surface area contributed by atoms with Crippen LogP contribution in [0.1, 0.15) is 13.8 Å². The van der Waals surface area contributed by atoms with Crippen molar-refractivity contribution in [1.82, 2.24) is 0 Å². The lowest BCUT2D eigenvalue weighted by Crippen LogP contribution is -2.05. The normalized spacial score (nSPS) is 14.1. The van der Waals surface area contributed by atoms with Crippen molar-refractivity contribution in [3.63, 3.8) is 0 Å². The van der Waals surface area contributed by atoms with Crippen molar-refractivity contribution < 1.29 is 13.2 Å². The predicted octanol–water partition coefficient (Wildman–Crippen LogP) is 4.44. The lowest BCUT2D eigenvalue weighted by Gasteiger charge is -2.08. The van der Waals surface area contributed by atoms with Crippen LogP contribution in [-0.4, -0.2) is 6.18 Å². The van der Waals surface area contributed by atoms with E-state index < -0.39 is 6.18 Å². The van der Waals surface area contributed by atoms with Crippen LogP contribution in [0.25, 0.3) is 0 Å². The number of halogens is 4. The highest BCUT2D eigenvalue weighted by Gasteiger charge is 2.24. The quantitative estimate of drug-likeness (QED) is 0.622. The van der Waals surface area contributed by atoms with Gasteiger partial charge in [-0.2, -0.15) is 13.2 Å². The van der Waals surface area contributed by atoms with Gasteiger partial charge in [0, 0.05) is 11.1 Å². The zero-order valence-corrected chi connectivity index (χ0v) is 8.78. The van der Waals surface area contributed by atoms with Crippen LogP contribution in [0.2, 0.25) is 0 Å². The highest BCUT2D eigenvalue weighted by Crippen LogP contribution is 2.23. The maximum Gasteiger partial charge on any atom is 0.410 e. The summed E-state index contributed by atoms with van der Waals surface area (Å²) >= 11 is 5.41. The Morgan fingerprint density at radius 2 is 1.79 bits per heavy atom. The summed E-state index contributed by atoms with van der Waals surface area (Å²) in [7, 11) is 0. The molecule has 0 rings (SSSR count). The van der Waals surface area contributed by atoms with E-state index in [1.807, 2.05) is 0 Å². The zero-order chi connectivity index (χ0) is 11.4. The minimum atomic E-state index is -4.29. The fourth-order valence-corrected chi connectivity index (χ4v) is 0.846. The number of allylic oxidation sites excluding steroid dienone is 5. The zero-order valence-electron chi connectivity index (χ0n) is 8.03. The van der Waals surface area contributed by atoms with Gasteiger partial charge >= 0.3 is 6.18 Å². The highest BCUT2D eigenvalue weighted by molar-refractivity contribution is 6.30. The van der Waals surface area contributed by atoms with Gasteiger partial charge in [0.25, 0.3) is 0 Å². The van der Waals surface area contributed by atoms with Crippen molar-refractivity contribution in [2.24, 2.45) is 5.92 Å². The summed E-state index contributed by atoms with van der Waals surface area (Å²) in [6, 6.07) is 0. The van der Waals surface area contributed by atoms with Gasteiger partial charge in [-0.15, -0.1) is 0 Å². The van der Waals surface area contributed by atoms with Crippen molar-refractivity contribution in [3.05, 3.63) is 35.4 Å². The van der Waals surface area contributed by atoms with Gasteiger partial charge in [0.05, 0.1) is 0 Å². The molecule has 0 aliphatic carbocycles. The molecule has 0 N–H and O–H groups in total. The average molecular weight is 225 g/mol. The van der Waals surface area contributed by atoms with Gasteiger partial charge in [0.2, 0.25) is 0 Å². The summed E-state index contributed by atoms with van der Waals surface area (Å²) in [5, 5.41) is 0.207. The Labute approximate surface area is 86.8 Å². The summed E-state index contributed by atoms with van der Waals surface area (Å²) < 4.78 is 36.1. The van der Waals surface area contributed by atoms with Crippen molar-refractivity contribution in [3.8, 4) is 0 Å². The first-order valence-corrected chi connectivity index (χ1v) is 4.42. The highest BCUT2D eigenvalue weighted by atomic mass is 35.5. The molecule has 0 radical (unpaired) electrons. The van der Waals surface area contributed by atoms with E-state index in [9.17, 15) is 13.2 Å². The Hall–Kier alpha value is -0.700. The molecule has 80 valence electrons. The molecule has 0 saturated heterocycles. The molecule has 14 heavy (non-hydrogen) atoms. The van der Waals surface area contributed by atoms with Crippen molar-refractivity contribution in [2.45, 2.75) is 20.0 Å². The van der Waals surface area contributed by atoms with Gasteiger partial charge in [-0.3, -0.25) is 0 Å². The summed E-state index contributed by atoms with van der Waals surface area (Å²) in [6.45, 7) is 6.71. The molecule has 0 aliphatic heterocycles. The van der Waals surface area contributed by atoms with Gasteiger partial charge < -0.3 is 0 Å². The van der Waals surface area contributed by atoms with Crippen LogP contribution in [0.15, 0.2) is 35.4 Å². The molecule has 0 atom stereocenters. The van der Waals surface area contributed by atoms with Crippen molar-refractivity contribution in [1.29, 1.82) is 0 Å².